The molecule has 4 unspecified atom stereocenters. The fraction of sp³-hybridized carbons (Fsp3) is 0.611. The molecular formula is C18H22O3. The van der Waals surface area contributed by atoms with Gasteiger partial charge in [0.1, 0.15) is 0 Å². The van der Waals surface area contributed by atoms with Crippen molar-refractivity contribution in [2.45, 2.75) is 44.6 Å². The third-order valence-electron chi connectivity index (χ3n) is 6.04. The predicted molar refractivity (Wildman–Crippen MR) is 79.0 cm³/mol. The van der Waals surface area contributed by atoms with Gasteiger partial charge >= 0.3 is 5.97 Å². The van der Waals surface area contributed by atoms with Crippen molar-refractivity contribution in [2.24, 2.45) is 17.3 Å². The van der Waals surface area contributed by atoms with E-state index in [9.17, 15) is 9.90 Å². The Kier molecular flexibility index (Phi) is 3.07. The van der Waals surface area contributed by atoms with Crippen LogP contribution in [0.4, 0.5) is 0 Å². The molecule has 1 aliphatic heterocycles. The normalized spacial score (nSPS) is 37.4. The van der Waals surface area contributed by atoms with Gasteiger partial charge in [0, 0.05) is 0 Å². The molecule has 1 aromatic carbocycles. The van der Waals surface area contributed by atoms with Crippen LogP contribution in [0.15, 0.2) is 24.3 Å². The van der Waals surface area contributed by atoms with E-state index in [1.54, 1.807) is 0 Å². The van der Waals surface area contributed by atoms with Gasteiger partial charge in [0.25, 0.3) is 0 Å². The van der Waals surface area contributed by atoms with Crippen molar-refractivity contribution in [2.75, 3.05) is 6.61 Å². The number of fused-ring (bicyclic) bond motifs is 3. The molecule has 21 heavy (non-hydrogen) atoms. The highest BCUT2D eigenvalue weighted by atomic mass is 16.5. The lowest BCUT2D eigenvalue weighted by Gasteiger charge is -2.38. The minimum Gasteiger partial charge on any atom is -0.481 e. The molecule has 3 aliphatic rings. The van der Waals surface area contributed by atoms with Gasteiger partial charge in [0.05, 0.1) is 18.1 Å². The molecule has 4 atom stereocenters. The van der Waals surface area contributed by atoms with Gasteiger partial charge < -0.3 is 9.84 Å². The van der Waals surface area contributed by atoms with Crippen LogP contribution in [0.1, 0.15) is 49.3 Å². The van der Waals surface area contributed by atoms with Gasteiger partial charge in [0.15, 0.2) is 0 Å². The van der Waals surface area contributed by atoms with E-state index in [0.717, 1.165) is 25.7 Å². The van der Waals surface area contributed by atoms with Crippen LogP contribution in [-0.2, 0) is 16.0 Å². The van der Waals surface area contributed by atoms with Crippen LogP contribution in [-0.4, -0.2) is 17.7 Å². The summed E-state index contributed by atoms with van der Waals surface area (Å²) in [7, 11) is 0. The van der Waals surface area contributed by atoms with Crippen LogP contribution >= 0.6 is 0 Å². The maximum atomic E-state index is 12.0. The van der Waals surface area contributed by atoms with Crippen molar-refractivity contribution in [3.05, 3.63) is 35.4 Å². The second kappa shape index (κ2) is 4.84. The van der Waals surface area contributed by atoms with Gasteiger partial charge in [-0.25, -0.2) is 0 Å². The molecule has 0 saturated heterocycles. The molecule has 2 bridgehead atoms. The molecule has 2 saturated carbocycles. The largest absolute Gasteiger partial charge is 0.481 e. The zero-order valence-electron chi connectivity index (χ0n) is 12.3. The molecule has 1 heterocycles. The first-order valence-corrected chi connectivity index (χ1v) is 8.12. The fourth-order valence-electron chi connectivity index (χ4n) is 5.02. The number of carboxylic acid groups (broad SMARTS) is 1. The van der Waals surface area contributed by atoms with Gasteiger partial charge in [-0.3, -0.25) is 4.79 Å². The second-order valence-corrected chi connectivity index (χ2v) is 7.05. The van der Waals surface area contributed by atoms with Crippen LogP contribution in [0.25, 0.3) is 0 Å². The van der Waals surface area contributed by atoms with Gasteiger partial charge in [-0.05, 0) is 55.1 Å². The molecule has 2 fully saturated rings. The first-order valence-electron chi connectivity index (χ1n) is 8.12. The van der Waals surface area contributed by atoms with Crippen LogP contribution in [0.5, 0.6) is 0 Å². The van der Waals surface area contributed by atoms with Gasteiger partial charge in [-0.1, -0.05) is 30.7 Å². The Morgan fingerprint density at radius 2 is 2.19 bits per heavy atom. The smallest absolute Gasteiger partial charge is 0.310 e. The molecule has 1 aromatic rings. The van der Waals surface area contributed by atoms with Gasteiger partial charge in [-0.15, -0.1) is 0 Å². The maximum Gasteiger partial charge on any atom is 0.310 e. The SMILES string of the molecule is O=C(O)C1(CC2OCCc3ccccc32)CC2CCC1C2. The summed E-state index contributed by atoms with van der Waals surface area (Å²) in [6.45, 7) is 0.714. The molecule has 2 aliphatic carbocycles. The molecule has 3 heteroatoms. The molecule has 112 valence electrons. The minimum atomic E-state index is -0.596. The summed E-state index contributed by atoms with van der Waals surface area (Å²) in [5, 5.41) is 9.91. The maximum absolute atomic E-state index is 12.0. The summed E-state index contributed by atoms with van der Waals surface area (Å²) in [5.41, 5.74) is 2.00. The zero-order chi connectivity index (χ0) is 14.4. The summed E-state index contributed by atoms with van der Waals surface area (Å²) in [6.07, 6.45) is 5.84. The topological polar surface area (TPSA) is 46.5 Å². The second-order valence-electron chi connectivity index (χ2n) is 7.05. The lowest BCUT2D eigenvalue weighted by molar-refractivity contribution is -0.156. The quantitative estimate of drug-likeness (QED) is 0.923. The number of hydrogen-bond acceptors (Lipinski definition) is 2. The summed E-state index contributed by atoms with van der Waals surface area (Å²) < 4.78 is 5.99. The van der Waals surface area contributed by atoms with Crippen molar-refractivity contribution < 1.29 is 14.6 Å². The predicted octanol–water partition coefficient (Wildman–Crippen LogP) is 3.58. The number of carbonyl (C=O) groups is 1. The number of rotatable bonds is 3. The minimum absolute atomic E-state index is 0.0367. The van der Waals surface area contributed by atoms with Crippen LogP contribution in [0.2, 0.25) is 0 Å². The van der Waals surface area contributed by atoms with E-state index in [2.05, 4.69) is 18.2 Å². The van der Waals surface area contributed by atoms with Crippen molar-refractivity contribution in [1.29, 1.82) is 0 Å². The first-order chi connectivity index (χ1) is 10.2. The van der Waals surface area contributed by atoms with E-state index in [0.29, 0.717) is 24.9 Å². The first kappa shape index (κ1) is 13.3. The number of carboxylic acids is 1. The molecular weight excluding hydrogens is 264 g/mol. The molecule has 0 spiro atoms. The molecule has 0 aromatic heterocycles. The number of benzene rings is 1. The highest BCUT2D eigenvalue weighted by Gasteiger charge is 2.56. The summed E-state index contributed by atoms with van der Waals surface area (Å²) in [6, 6.07) is 8.36. The Morgan fingerprint density at radius 3 is 2.90 bits per heavy atom. The average molecular weight is 286 g/mol. The Hall–Kier alpha value is -1.35. The van der Waals surface area contributed by atoms with E-state index in [-0.39, 0.29) is 6.10 Å². The van der Waals surface area contributed by atoms with E-state index < -0.39 is 11.4 Å². The Morgan fingerprint density at radius 1 is 1.33 bits per heavy atom. The molecule has 0 amide bonds. The highest BCUT2D eigenvalue weighted by molar-refractivity contribution is 5.76. The van der Waals surface area contributed by atoms with Crippen molar-refractivity contribution in [3.63, 3.8) is 0 Å². The van der Waals surface area contributed by atoms with E-state index in [4.69, 9.17) is 4.74 Å². The summed E-state index contributed by atoms with van der Waals surface area (Å²) in [4.78, 5) is 12.0. The third kappa shape index (κ3) is 2.02. The fourth-order valence-corrected chi connectivity index (χ4v) is 5.02. The van der Waals surface area contributed by atoms with E-state index in [1.165, 1.54) is 17.5 Å². The van der Waals surface area contributed by atoms with Crippen LogP contribution in [0, 0.1) is 17.3 Å². The average Bonchev–Trinajstić information content (AvgIpc) is 3.09. The standard InChI is InChI=1S/C18H22O3/c19-17(20)18(10-12-5-6-14(18)9-12)11-16-15-4-2-1-3-13(15)7-8-21-16/h1-4,12,14,16H,5-11H2,(H,19,20). The monoisotopic (exact) mass is 286 g/mol. The van der Waals surface area contributed by atoms with E-state index >= 15 is 0 Å². The third-order valence-corrected chi connectivity index (χ3v) is 6.04. The van der Waals surface area contributed by atoms with Gasteiger partial charge in [0.2, 0.25) is 0 Å². The Labute approximate surface area is 125 Å². The Bertz CT molecular complexity index is 567. The molecule has 4 rings (SSSR count). The van der Waals surface area contributed by atoms with Crippen molar-refractivity contribution >= 4 is 5.97 Å². The Balaban J connectivity index is 1.65. The molecule has 1 N–H and O–H groups in total. The van der Waals surface area contributed by atoms with Crippen molar-refractivity contribution in [1.82, 2.24) is 0 Å². The summed E-state index contributed by atoms with van der Waals surface area (Å²) >= 11 is 0. The highest BCUT2D eigenvalue weighted by Crippen LogP contribution is 2.59. The molecule has 0 radical (unpaired) electrons. The number of ether oxygens (including phenoxy) is 1. The van der Waals surface area contributed by atoms with E-state index in [1.807, 2.05) is 6.07 Å². The number of aliphatic carboxylic acids is 1. The zero-order valence-corrected chi connectivity index (χ0v) is 12.3. The van der Waals surface area contributed by atoms with Crippen LogP contribution < -0.4 is 0 Å². The number of hydrogen-bond donors (Lipinski definition) is 1. The van der Waals surface area contributed by atoms with Gasteiger partial charge in [-0.2, -0.15) is 0 Å². The lowest BCUT2D eigenvalue weighted by Crippen LogP contribution is -2.39. The van der Waals surface area contributed by atoms with Crippen molar-refractivity contribution in [3.8, 4) is 0 Å². The van der Waals surface area contributed by atoms with Crippen LogP contribution in [0.3, 0.4) is 0 Å². The summed E-state index contributed by atoms with van der Waals surface area (Å²) in [5.74, 6) is 0.393. The lowest BCUT2D eigenvalue weighted by atomic mass is 9.68. The molecule has 3 nitrogen and oxygen atoms in total.